The molecule has 1 saturated heterocycles. The first-order valence-electron chi connectivity index (χ1n) is 6.66. The molecule has 0 N–H and O–H groups in total. The normalized spacial score (nSPS) is 25.0. The Labute approximate surface area is 153 Å². The topological polar surface area (TPSA) is 12.5 Å². The van der Waals surface area contributed by atoms with Crippen LogP contribution >= 0.6 is 0 Å². The third-order valence-corrected chi connectivity index (χ3v) is 3.87. The number of benzene rings is 2. The summed E-state index contributed by atoms with van der Waals surface area (Å²) < 4.78 is 6.26. The van der Waals surface area contributed by atoms with Gasteiger partial charge in [0.1, 0.15) is 0 Å². The molecule has 1 aliphatic heterocycles. The molecule has 0 aromatic heterocycles. The van der Waals surface area contributed by atoms with Gasteiger partial charge in [-0.1, -0.05) is 30.3 Å². The van der Waals surface area contributed by atoms with Crippen LogP contribution in [0.3, 0.4) is 0 Å². The van der Waals surface area contributed by atoms with Gasteiger partial charge in [0.25, 0.3) is 0 Å². The van der Waals surface area contributed by atoms with Gasteiger partial charge in [-0.15, -0.1) is 5.56 Å². The van der Waals surface area contributed by atoms with E-state index in [1.54, 1.807) is 0 Å². The van der Waals surface area contributed by atoms with Crippen molar-refractivity contribution in [3.63, 3.8) is 0 Å². The van der Waals surface area contributed by atoms with Gasteiger partial charge in [0.2, 0.25) is 0 Å². The maximum Gasteiger partial charge on any atom is 2.00 e. The largest absolute Gasteiger partial charge is 2.00 e. The first kappa shape index (κ1) is 18.7. The Morgan fingerprint density at radius 1 is 1.05 bits per heavy atom. The number of hydrogen-bond donors (Lipinski definition) is 0. The molecular formula is C17H18BrMgNO. The predicted octanol–water partition coefficient (Wildman–Crippen LogP) is 0.200. The number of halogens is 1. The van der Waals surface area contributed by atoms with Crippen molar-refractivity contribution in [3.8, 4) is 0 Å². The van der Waals surface area contributed by atoms with E-state index in [2.05, 4.69) is 55.3 Å². The van der Waals surface area contributed by atoms with Crippen molar-refractivity contribution >= 4 is 23.1 Å². The standard InChI is InChI=1S/C17H18NO.BrH.Mg/c1-13-16(14-9-5-3-6-10-14)19-17(18(13)2)15-11-7-4-8-12-15;;/h3-7,9-13,16-17H,1-2H3;1H;/q-1;;+2/p-1/t13-,16+,17+;;/m1../s1. The van der Waals surface area contributed by atoms with Gasteiger partial charge < -0.3 is 21.7 Å². The van der Waals surface area contributed by atoms with Crippen molar-refractivity contribution < 1.29 is 21.7 Å². The zero-order chi connectivity index (χ0) is 13.2. The van der Waals surface area contributed by atoms with Crippen LogP contribution in [0.25, 0.3) is 0 Å². The molecule has 0 unspecified atom stereocenters. The van der Waals surface area contributed by atoms with Gasteiger partial charge in [0.05, 0.1) is 12.3 Å². The smallest absolute Gasteiger partial charge is 1.00 e. The molecule has 2 aromatic carbocycles. The zero-order valence-electron chi connectivity index (χ0n) is 12.4. The number of nitrogens with zero attached hydrogens (tertiary/aromatic N) is 1. The summed E-state index contributed by atoms with van der Waals surface area (Å²) in [4.78, 5) is 2.28. The molecule has 3 atom stereocenters. The van der Waals surface area contributed by atoms with Crippen molar-refractivity contribution in [1.29, 1.82) is 0 Å². The van der Waals surface area contributed by atoms with Crippen LogP contribution in [0.4, 0.5) is 0 Å². The summed E-state index contributed by atoms with van der Waals surface area (Å²) in [5, 5.41) is 0. The first-order chi connectivity index (χ1) is 9.27. The third-order valence-electron chi connectivity index (χ3n) is 3.87. The fourth-order valence-corrected chi connectivity index (χ4v) is 2.65. The van der Waals surface area contributed by atoms with Gasteiger partial charge in [-0.25, -0.2) is 0 Å². The quantitative estimate of drug-likeness (QED) is 0.563. The van der Waals surface area contributed by atoms with Crippen molar-refractivity contribution in [2.75, 3.05) is 7.05 Å². The molecule has 1 aliphatic rings. The summed E-state index contributed by atoms with van der Waals surface area (Å²) >= 11 is 0. The molecular weight excluding hydrogens is 338 g/mol. The second kappa shape index (κ2) is 8.29. The molecule has 0 amide bonds. The van der Waals surface area contributed by atoms with Crippen LogP contribution < -0.4 is 17.0 Å². The molecule has 2 aromatic rings. The van der Waals surface area contributed by atoms with E-state index in [4.69, 9.17) is 4.74 Å². The number of ether oxygens (including phenoxy) is 1. The molecule has 0 aliphatic carbocycles. The Morgan fingerprint density at radius 3 is 2.33 bits per heavy atom. The number of rotatable bonds is 2. The van der Waals surface area contributed by atoms with E-state index in [-0.39, 0.29) is 52.4 Å². The maximum absolute atomic E-state index is 6.26. The predicted molar refractivity (Wildman–Crippen MR) is 81.3 cm³/mol. The van der Waals surface area contributed by atoms with Gasteiger partial charge >= 0.3 is 23.1 Å². The summed E-state index contributed by atoms with van der Waals surface area (Å²) in [6, 6.07) is 21.9. The summed E-state index contributed by atoms with van der Waals surface area (Å²) in [6.07, 6.45) is 0.133. The Morgan fingerprint density at radius 2 is 1.71 bits per heavy atom. The van der Waals surface area contributed by atoms with Gasteiger partial charge in [-0.3, -0.25) is 4.90 Å². The second-order valence-corrected chi connectivity index (χ2v) is 5.06. The molecule has 3 rings (SSSR count). The fraction of sp³-hybridized carbons (Fsp3) is 0.294. The molecule has 0 radical (unpaired) electrons. The number of likely N-dealkylation sites (N-methyl/N-ethyl adjacent to an activating group) is 1. The van der Waals surface area contributed by atoms with Gasteiger partial charge in [0, 0.05) is 6.04 Å². The summed E-state index contributed by atoms with van der Waals surface area (Å²) in [6.45, 7) is 2.21. The molecule has 21 heavy (non-hydrogen) atoms. The Kier molecular flexibility index (Phi) is 7.37. The van der Waals surface area contributed by atoms with E-state index < -0.39 is 0 Å². The van der Waals surface area contributed by atoms with E-state index in [1.807, 2.05) is 24.3 Å². The van der Waals surface area contributed by atoms with Crippen molar-refractivity contribution in [3.05, 3.63) is 71.8 Å². The average Bonchev–Trinajstić information content (AvgIpc) is 2.77. The minimum Gasteiger partial charge on any atom is -1.00 e. The molecule has 0 saturated carbocycles. The van der Waals surface area contributed by atoms with Crippen LogP contribution in [-0.4, -0.2) is 41.0 Å². The van der Waals surface area contributed by atoms with Gasteiger partial charge in [-0.2, -0.15) is 30.3 Å². The van der Waals surface area contributed by atoms with Crippen LogP contribution in [0.5, 0.6) is 0 Å². The fourth-order valence-electron chi connectivity index (χ4n) is 2.65. The minimum absolute atomic E-state index is 0. The molecule has 0 spiro atoms. The van der Waals surface area contributed by atoms with Crippen molar-refractivity contribution in [1.82, 2.24) is 4.90 Å². The van der Waals surface area contributed by atoms with Crippen LogP contribution in [0.1, 0.15) is 30.4 Å². The van der Waals surface area contributed by atoms with Crippen molar-refractivity contribution in [2.24, 2.45) is 0 Å². The molecule has 4 heteroatoms. The third kappa shape index (κ3) is 3.87. The summed E-state index contributed by atoms with van der Waals surface area (Å²) in [5.41, 5.74) is 2.40. The molecule has 106 valence electrons. The van der Waals surface area contributed by atoms with Crippen molar-refractivity contribution in [2.45, 2.75) is 25.3 Å². The second-order valence-electron chi connectivity index (χ2n) is 5.06. The molecule has 1 fully saturated rings. The Balaban J connectivity index is 0.00000110. The van der Waals surface area contributed by atoms with E-state index in [1.165, 1.54) is 5.56 Å². The van der Waals surface area contributed by atoms with Crippen LogP contribution in [0.15, 0.2) is 54.6 Å². The monoisotopic (exact) mass is 355 g/mol. The number of hydrogen-bond acceptors (Lipinski definition) is 2. The average molecular weight is 357 g/mol. The van der Waals surface area contributed by atoms with Crippen LogP contribution in [0.2, 0.25) is 0 Å². The van der Waals surface area contributed by atoms with E-state index >= 15 is 0 Å². The van der Waals surface area contributed by atoms with E-state index in [0.29, 0.717) is 6.04 Å². The first-order valence-corrected chi connectivity index (χ1v) is 6.66. The van der Waals surface area contributed by atoms with E-state index in [0.717, 1.165) is 5.56 Å². The van der Waals surface area contributed by atoms with Crippen LogP contribution in [0, 0.1) is 6.07 Å². The molecule has 2 nitrogen and oxygen atoms in total. The Hall–Kier alpha value is -0.394. The summed E-state index contributed by atoms with van der Waals surface area (Å²) in [5.74, 6) is 0. The summed E-state index contributed by atoms with van der Waals surface area (Å²) in [7, 11) is 2.12. The minimum atomic E-state index is 0. The zero-order valence-corrected chi connectivity index (χ0v) is 15.4. The molecule has 1 heterocycles. The van der Waals surface area contributed by atoms with Gasteiger partial charge in [-0.05, 0) is 19.5 Å². The van der Waals surface area contributed by atoms with Gasteiger partial charge in [0.15, 0.2) is 0 Å². The Bertz CT molecular complexity index is 488. The molecule has 0 bridgehead atoms. The maximum atomic E-state index is 6.26. The van der Waals surface area contributed by atoms with E-state index in [9.17, 15) is 0 Å². The SMILES string of the molecule is C[C@@H]1[C@@H](c2ccccc2)O[C@@H](c2c[c-]ccc2)N1C.[Br-].[Mg+2]. The van der Waals surface area contributed by atoms with Crippen LogP contribution in [-0.2, 0) is 4.74 Å².